The van der Waals surface area contributed by atoms with Crippen LogP contribution in [0.5, 0.6) is 0 Å². The number of hydrogen-bond acceptors (Lipinski definition) is 3. The number of unbranched alkanes of at least 4 members (excludes halogenated alkanes) is 10. The molecule has 0 bridgehead atoms. The van der Waals surface area contributed by atoms with E-state index in [-0.39, 0.29) is 23.0 Å². The van der Waals surface area contributed by atoms with Crippen LogP contribution in [0.4, 0.5) is 5.69 Å². The molecule has 5 nitrogen and oxygen atoms in total. The van der Waals surface area contributed by atoms with Crippen molar-refractivity contribution < 1.29 is 9.59 Å². The highest BCUT2D eigenvalue weighted by Crippen LogP contribution is 2.13. The molecule has 0 saturated heterocycles. The molecule has 174 valence electrons. The lowest BCUT2D eigenvalue weighted by atomic mass is 10.1. The van der Waals surface area contributed by atoms with Gasteiger partial charge in [0, 0.05) is 23.7 Å². The molecule has 3 N–H and O–H groups in total. The Morgan fingerprint density at radius 3 is 2.06 bits per heavy atom. The van der Waals surface area contributed by atoms with Gasteiger partial charge in [-0.2, -0.15) is 0 Å². The second kappa shape index (κ2) is 16.7. The topological polar surface area (TPSA) is 70.2 Å². The molecule has 31 heavy (non-hydrogen) atoms. The monoisotopic (exact) mass is 447 g/mol. The van der Waals surface area contributed by atoms with Crippen molar-refractivity contribution in [3.63, 3.8) is 0 Å². The van der Waals surface area contributed by atoms with Crippen LogP contribution in [0.15, 0.2) is 24.3 Å². The van der Waals surface area contributed by atoms with Gasteiger partial charge in [-0.1, -0.05) is 77.2 Å². The van der Waals surface area contributed by atoms with E-state index < -0.39 is 0 Å². The summed E-state index contributed by atoms with van der Waals surface area (Å²) >= 11 is 5.23. The molecule has 0 saturated carbocycles. The van der Waals surface area contributed by atoms with Crippen molar-refractivity contribution in [3.8, 4) is 0 Å². The fraction of sp³-hybridized carbons (Fsp3) is 0.640. The number of hydrogen-bond donors (Lipinski definition) is 3. The van der Waals surface area contributed by atoms with Gasteiger partial charge in [0.05, 0.1) is 0 Å². The fourth-order valence-electron chi connectivity index (χ4n) is 3.38. The summed E-state index contributed by atoms with van der Waals surface area (Å²) in [6.45, 7) is 6.08. The minimum atomic E-state index is -0.134. The van der Waals surface area contributed by atoms with Crippen molar-refractivity contribution in [2.45, 2.75) is 104 Å². The molecule has 0 unspecified atom stereocenters. The van der Waals surface area contributed by atoms with Gasteiger partial charge in [0.25, 0.3) is 5.91 Å². The zero-order chi connectivity index (χ0) is 22.9. The summed E-state index contributed by atoms with van der Waals surface area (Å²) in [4.78, 5) is 24.2. The molecule has 0 aliphatic rings. The van der Waals surface area contributed by atoms with E-state index in [4.69, 9.17) is 12.2 Å². The van der Waals surface area contributed by atoms with Crippen molar-refractivity contribution >= 4 is 34.8 Å². The maximum absolute atomic E-state index is 12.1. The van der Waals surface area contributed by atoms with Crippen molar-refractivity contribution in [2.75, 3.05) is 5.32 Å². The normalized spacial score (nSPS) is 10.7. The highest BCUT2D eigenvalue weighted by atomic mass is 32.1. The van der Waals surface area contributed by atoms with Crippen LogP contribution in [-0.4, -0.2) is 23.0 Å². The average Bonchev–Trinajstić information content (AvgIpc) is 2.71. The number of carbonyl (C=O) groups is 2. The van der Waals surface area contributed by atoms with Gasteiger partial charge in [0.2, 0.25) is 5.91 Å². The number of anilines is 1. The SMILES string of the molecule is CCCCCCCCCCCCCC(=O)NC(=S)Nc1cccc(C(=O)NC(C)C)c1. The Kier molecular flexibility index (Phi) is 14.6. The van der Waals surface area contributed by atoms with Gasteiger partial charge >= 0.3 is 0 Å². The molecular formula is C25H41N3O2S. The lowest BCUT2D eigenvalue weighted by Crippen LogP contribution is -2.34. The molecular weight excluding hydrogens is 406 g/mol. The minimum Gasteiger partial charge on any atom is -0.350 e. The highest BCUT2D eigenvalue weighted by molar-refractivity contribution is 7.80. The van der Waals surface area contributed by atoms with Gasteiger partial charge in [-0.3, -0.25) is 9.59 Å². The third-order valence-corrected chi connectivity index (χ3v) is 5.27. The second-order valence-electron chi connectivity index (χ2n) is 8.50. The molecule has 1 aromatic rings. The highest BCUT2D eigenvalue weighted by Gasteiger charge is 2.09. The number of thiocarbonyl (C=S) groups is 1. The number of rotatable bonds is 15. The summed E-state index contributed by atoms with van der Waals surface area (Å²) in [6.07, 6.45) is 14.3. The Hall–Kier alpha value is -1.95. The van der Waals surface area contributed by atoms with Gasteiger partial charge < -0.3 is 16.0 Å². The van der Waals surface area contributed by atoms with Crippen LogP contribution < -0.4 is 16.0 Å². The molecule has 0 heterocycles. The zero-order valence-corrected chi connectivity index (χ0v) is 20.4. The summed E-state index contributed by atoms with van der Waals surface area (Å²) in [5.74, 6) is -0.202. The van der Waals surface area contributed by atoms with E-state index in [0.29, 0.717) is 17.7 Å². The zero-order valence-electron chi connectivity index (χ0n) is 19.6. The number of carbonyl (C=O) groups excluding carboxylic acids is 2. The van der Waals surface area contributed by atoms with Crippen LogP contribution in [-0.2, 0) is 4.79 Å². The molecule has 1 aromatic carbocycles. The van der Waals surface area contributed by atoms with Gasteiger partial charge in [-0.15, -0.1) is 0 Å². The molecule has 0 spiro atoms. The van der Waals surface area contributed by atoms with E-state index in [9.17, 15) is 9.59 Å². The number of benzene rings is 1. The lowest BCUT2D eigenvalue weighted by Gasteiger charge is -2.12. The van der Waals surface area contributed by atoms with Crippen LogP contribution in [0.3, 0.4) is 0 Å². The van der Waals surface area contributed by atoms with Gasteiger partial charge in [0.1, 0.15) is 0 Å². The first-order valence-corrected chi connectivity index (χ1v) is 12.3. The molecule has 0 aromatic heterocycles. The molecule has 1 rings (SSSR count). The largest absolute Gasteiger partial charge is 0.350 e. The summed E-state index contributed by atoms with van der Waals surface area (Å²) in [5, 5.41) is 8.83. The molecule has 0 aliphatic carbocycles. The van der Waals surface area contributed by atoms with Crippen molar-refractivity contribution in [3.05, 3.63) is 29.8 Å². The van der Waals surface area contributed by atoms with Crippen LogP contribution in [0.2, 0.25) is 0 Å². The molecule has 0 fully saturated rings. The maximum Gasteiger partial charge on any atom is 0.251 e. The first-order chi connectivity index (χ1) is 14.9. The number of nitrogens with one attached hydrogen (secondary N) is 3. The Balaban J connectivity index is 2.16. The predicted octanol–water partition coefficient (Wildman–Crippen LogP) is 6.34. The Morgan fingerprint density at radius 1 is 0.903 bits per heavy atom. The smallest absolute Gasteiger partial charge is 0.251 e. The molecule has 2 amide bonds. The van der Waals surface area contributed by atoms with Crippen LogP contribution in [0, 0.1) is 0 Å². The van der Waals surface area contributed by atoms with E-state index in [2.05, 4.69) is 22.9 Å². The molecule has 0 radical (unpaired) electrons. The fourth-order valence-corrected chi connectivity index (χ4v) is 3.62. The van der Waals surface area contributed by atoms with Gasteiger partial charge in [0.15, 0.2) is 5.11 Å². The van der Waals surface area contributed by atoms with Crippen molar-refractivity contribution in [1.29, 1.82) is 0 Å². The van der Waals surface area contributed by atoms with Crippen LogP contribution in [0.25, 0.3) is 0 Å². The van der Waals surface area contributed by atoms with E-state index >= 15 is 0 Å². The van der Waals surface area contributed by atoms with Crippen molar-refractivity contribution in [2.24, 2.45) is 0 Å². The molecule has 0 aliphatic heterocycles. The Morgan fingerprint density at radius 2 is 1.48 bits per heavy atom. The Bertz CT molecular complexity index is 676. The van der Waals surface area contributed by atoms with Gasteiger partial charge in [-0.25, -0.2) is 0 Å². The first-order valence-electron chi connectivity index (χ1n) is 11.9. The quantitative estimate of drug-likeness (QED) is 0.217. The van der Waals surface area contributed by atoms with Gasteiger partial charge in [-0.05, 0) is 50.7 Å². The predicted molar refractivity (Wildman–Crippen MR) is 134 cm³/mol. The summed E-state index contributed by atoms with van der Waals surface area (Å²) in [5.41, 5.74) is 1.23. The number of amides is 2. The van der Waals surface area contributed by atoms with Crippen LogP contribution in [0.1, 0.15) is 108 Å². The third kappa shape index (κ3) is 13.9. The lowest BCUT2D eigenvalue weighted by molar-refractivity contribution is -0.119. The molecule has 0 atom stereocenters. The molecule has 6 heteroatoms. The van der Waals surface area contributed by atoms with E-state index in [1.807, 2.05) is 19.9 Å². The average molecular weight is 448 g/mol. The maximum atomic E-state index is 12.1. The summed E-state index contributed by atoms with van der Waals surface area (Å²) in [6, 6.07) is 7.14. The second-order valence-corrected chi connectivity index (χ2v) is 8.91. The van der Waals surface area contributed by atoms with E-state index in [0.717, 1.165) is 12.8 Å². The standard InChI is InChI=1S/C25H41N3O2S/c1-4-5-6-7-8-9-10-11-12-13-14-18-23(29)28-25(31)27-22-17-15-16-21(19-22)24(30)26-20(2)3/h15-17,19-20H,4-14,18H2,1-3H3,(H,26,30)(H2,27,28,29,31). The summed E-state index contributed by atoms with van der Waals surface area (Å²) < 4.78 is 0. The van der Waals surface area contributed by atoms with E-state index in [1.165, 1.54) is 57.8 Å². The van der Waals surface area contributed by atoms with E-state index in [1.54, 1.807) is 18.2 Å². The minimum absolute atomic E-state index is 0.0675. The third-order valence-electron chi connectivity index (χ3n) is 5.06. The van der Waals surface area contributed by atoms with Crippen molar-refractivity contribution in [1.82, 2.24) is 10.6 Å². The first kappa shape index (κ1) is 27.1. The van der Waals surface area contributed by atoms with Crippen LogP contribution >= 0.6 is 12.2 Å². The Labute approximate surface area is 194 Å². The summed E-state index contributed by atoms with van der Waals surface area (Å²) in [7, 11) is 0.